The molecule has 0 rings (SSSR count). The van der Waals surface area contributed by atoms with Gasteiger partial charge in [-0.2, -0.15) is 0 Å². The van der Waals surface area contributed by atoms with E-state index >= 15 is 0 Å². The first-order valence-electron chi connectivity index (χ1n) is 1.22. The Morgan fingerprint density at radius 1 is 1.00 bits per heavy atom. The van der Waals surface area contributed by atoms with Crippen molar-refractivity contribution < 1.29 is 107 Å². The SMILES string of the molecule is CO[Si]([O-])([O-])[O-].[Na+].[Na+].[Na+]. The summed E-state index contributed by atoms with van der Waals surface area (Å²) in [5.74, 6) is 0. The van der Waals surface area contributed by atoms with E-state index in [4.69, 9.17) is 0 Å². The molecule has 0 aliphatic heterocycles. The van der Waals surface area contributed by atoms with Crippen LogP contribution in [0.3, 0.4) is 0 Å². The molecule has 0 aromatic heterocycles. The number of hydrogen-bond donors (Lipinski definition) is 0. The summed E-state index contributed by atoms with van der Waals surface area (Å²) < 4.78 is 3.41. The van der Waals surface area contributed by atoms with E-state index in [1.165, 1.54) is 0 Å². The summed E-state index contributed by atoms with van der Waals surface area (Å²) >= 11 is 0. The second kappa shape index (κ2) is 11.1. The van der Waals surface area contributed by atoms with Crippen molar-refractivity contribution in [3.63, 3.8) is 0 Å². The van der Waals surface area contributed by atoms with Crippen LogP contribution in [0, 0.1) is 0 Å². The maximum atomic E-state index is 9.28. The molecule has 0 fully saturated rings. The molecular weight excluding hydrogens is 173 g/mol. The summed E-state index contributed by atoms with van der Waals surface area (Å²) in [4.78, 5) is 27.8. The van der Waals surface area contributed by atoms with Crippen LogP contribution in [0.4, 0.5) is 0 Å². The van der Waals surface area contributed by atoms with Gasteiger partial charge >= 0.3 is 88.7 Å². The number of rotatable bonds is 1. The smallest absolute Gasteiger partial charge is 0.861 e. The Hall–Kier alpha value is 3.06. The molecule has 0 unspecified atom stereocenters. The van der Waals surface area contributed by atoms with Gasteiger partial charge in [0.05, 0.1) is 0 Å². The van der Waals surface area contributed by atoms with Gasteiger partial charge in [0, 0.05) is 7.11 Å². The van der Waals surface area contributed by atoms with Crippen LogP contribution in [0.25, 0.3) is 0 Å². The Morgan fingerprint density at radius 2 is 1.11 bits per heavy atom. The molecular formula is CH3Na3O4Si. The van der Waals surface area contributed by atoms with Crippen LogP contribution in [0.1, 0.15) is 0 Å². The number of hydrogen-bond acceptors (Lipinski definition) is 4. The largest absolute Gasteiger partial charge is 1.00 e. The predicted molar refractivity (Wildman–Crippen MR) is 12.8 cm³/mol. The monoisotopic (exact) mass is 176 g/mol. The molecule has 0 bridgehead atoms. The first-order valence-corrected chi connectivity index (χ1v) is 2.86. The van der Waals surface area contributed by atoms with E-state index in [0.29, 0.717) is 0 Å². The topological polar surface area (TPSA) is 78.4 Å². The van der Waals surface area contributed by atoms with E-state index in [9.17, 15) is 14.4 Å². The van der Waals surface area contributed by atoms with Crippen molar-refractivity contribution in [2.24, 2.45) is 0 Å². The Balaban J connectivity index is -0.0000000417. The van der Waals surface area contributed by atoms with Crippen molar-refractivity contribution in [1.29, 1.82) is 0 Å². The summed E-state index contributed by atoms with van der Waals surface area (Å²) in [5.41, 5.74) is 0. The Kier molecular flexibility index (Phi) is 27.9. The molecule has 4 nitrogen and oxygen atoms in total. The van der Waals surface area contributed by atoms with Crippen LogP contribution in [0.5, 0.6) is 0 Å². The Morgan fingerprint density at radius 3 is 1.11 bits per heavy atom. The predicted octanol–water partition coefficient (Wildman–Crippen LogP) is -12.8. The van der Waals surface area contributed by atoms with Gasteiger partial charge < -0.3 is 18.8 Å². The zero-order chi connectivity index (χ0) is 5.21. The summed E-state index contributed by atoms with van der Waals surface area (Å²) in [6.45, 7) is 0. The van der Waals surface area contributed by atoms with Crippen LogP contribution in [0.15, 0.2) is 0 Å². The second-order valence-electron chi connectivity index (χ2n) is 0.704. The van der Waals surface area contributed by atoms with E-state index in [-0.39, 0.29) is 88.7 Å². The molecule has 0 aliphatic carbocycles. The Bertz CT molecular complexity index is 45.6. The van der Waals surface area contributed by atoms with E-state index in [2.05, 4.69) is 4.43 Å². The zero-order valence-corrected chi connectivity index (χ0v) is 13.1. The molecule has 0 aromatic rings. The molecule has 0 aliphatic rings. The van der Waals surface area contributed by atoms with Crippen molar-refractivity contribution >= 4 is 9.05 Å². The van der Waals surface area contributed by atoms with Gasteiger partial charge in [-0.15, -0.1) is 9.05 Å². The quantitative estimate of drug-likeness (QED) is 0.371. The first-order chi connectivity index (χ1) is 2.56. The van der Waals surface area contributed by atoms with Crippen molar-refractivity contribution in [2.75, 3.05) is 7.11 Å². The average Bonchev–Trinajstić information content (AvgIpc) is 1.35. The molecule has 38 valence electrons. The molecule has 0 aromatic carbocycles. The normalized spacial score (nSPS) is 8.00. The van der Waals surface area contributed by atoms with Gasteiger partial charge in [-0.3, -0.25) is 0 Å². The van der Waals surface area contributed by atoms with Gasteiger partial charge in [-0.1, -0.05) is 0 Å². The fourth-order valence-corrected chi connectivity index (χ4v) is 0. The minimum absolute atomic E-state index is 0. The minimum Gasteiger partial charge on any atom is -0.861 e. The van der Waals surface area contributed by atoms with Crippen molar-refractivity contribution in [2.45, 2.75) is 0 Å². The van der Waals surface area contributed by atoms with Gasteiger partial charge in [0.1, 0.15) is 0 Å². The average molecular weight is 176 g/mol. The third kappa shape index (κ3) is 24.7. The van der Waals surface area contributed by atoms with Gasteiger partial charge in [0.25, 0.3) is 0 Å². The van der Waals surface area contributed by atoms with Crippen molar-refractivity contribution in [1.82, 2.24) is 0 Å². The molecule has 0 saturated carbocycles. The van der Waals surface area contributed by atoms with Crippen LogP contribution in [-0.2, 0) is 4.43 Å². The molecule has 0 N–H and O–H groups in total. The maximum absolute atomic E-state index is 9.28. The van der Waals surface area contributed by atoms with E-state index in [0.717, 1.165) is 7.11 Å². The van der Waals surface area contributed by atoms with E-state index in [1.54, 1.807) is 0 Å². The van der Waals surface area contributed by atoms with Crippen LogP contribution in [0.2, 0.25) is 0 Å². The van der Waals surface area contributed by atoms with E-state index < -0.39 is 9.05 Å². The molecule has 0 spiro atoms. The van der Waals surface area contributed by atoms with Gasteiger partial charge in [0.2, 0.25) is 0 Å². The second-order valence-corrected chi connectivity index (χ2v) is 2.11. The summed E-state index contributed by atoms with van der Waals surface area (Å²) in [6.07, 6.45) is 0. The van der Waals surface area contributed by atoms with Gasteiger partial charge in [-0.05, 0) is 0 Å². The molecule has 0 atom stereocenters. The zero-order valence-electron chi connectivity index (χ0n) is 6.13. The summed E-state index contributed by atoms with van der Waals surface area (Å²) in [7, 11) is -4.05. The third-order valence-corrected chi connectivity index (χ3v) is 0.750. The molecule has 0 saturated heterocycles. The fourth-order valence-electron chi connectivity index (χ4n) is 0. The summed E-state index contributed by atoms with van der Waals surface area (Å²) in [6, 6.07) is 0. The first kappa shape index (κ1) is 22.7. The van der Waals surface area contributed by atoms with Gasteiger partial charge in [0.15, 0.2) is 0 Å². The van der Waals surface area contributed by atoms with E-state index in [1.807, 2.05) is 0 Å². The molecule has 9 heavy (non-hydrogen) atoms. The maximum Gasteiger partial charge on any atom is 1.00 e. The minimum atomic E-state index is -4.88. The van der Waals surface area contributed by atoms with Crippen LogP contribution in [-0.4, -0.2) is 16.2 Å². The van der Waals surface area contributed by atoms with Crippen molar-refractivity contribution in [3.8, 4) is 0 Å². The molecule has 0 heterocycles. The fraction of sp³-hybridized carbons (Fsp3) is 1.00. The van der Waals surface area contributed by atoms with Gasteiger partial charge in [-0.25, -0.2) is 0 Å². The molecule has 0 amide bonds. The summed E-state index contributed by atoms with van der Waals surface area (Å²) in [5, 5.41) is 0. The van der Waals surface area contributed by atoms with Crippen molar-refractivity contribution in [3.05, 3.63) is 0 Å². The molecule has 0 radical (unpaired) electrons. The standard InChI is InChI=1S/CH3O4Si.3Na/c1-5-6(2,3)4;;;/h1H3;;;/q-3;3*+1. The van der Waals surface area contributed by atoms with Crippen LogP contribution < -0.4 is 103 Å². The van der Waals surface area contributed by atoms with Crippen LogP contribution >= 0.6 is 0 Å². The Labute approximate surface area is 121 Å². The molecule has 8 heteroatoms. The third-order valence-electron chi connectivity index (χ3n) is 0.250.